The van der Waals surface area contributed by atoms with Crippen molar-refractivity contribution in [3.63, 3.8) is 0 Å². The van der Waals surface area contributed by atoms with Gasteiger partial charge in [-0.25, -0.2) is 0 Å². The minimum absolute atomic E-state index is 0.263. The maximum atomic E-state index is 12.7. The Kier molecular flexibility index (Phi) is 5.23. The van der Waals surface area contributed by atoms with Crippen molar-refractivity contribution < 1.29 is 28.5 Å². The summed E-state index contributed by atoms with van der Waals surface area (Å²) in [6.45, 7) is 1.48. The fourth-order valence-corrected chi connectivity index (χ4v) is 2.79. The largest absolute Gasteiger partial charge is 0.496 e. The molecule has 0 spiro atoms. The molecule has 1 N–H and O–H groups in total. The summed E-state index contributed by atoms with van der Waals surface area (Å²) in [6, 6.07) is 9.67. The molecule has 0 aliphatic heterocycles. The average molecular weight is 372 g/mol. The van der Waals surface area contributed by atoms with Crippen LogP contribution in [-0.4, -0.2) is 32.7 Å². The summed E-state index contributed by atoms with van der Waals surface area (Å²) in [7, 11) is 4.52. The van der Waals surface area contributed by atoms with Crippen LogP contribution in [0.1, 0.15) is 6.92 Å². The fraction of sp³-hybridized carbons (Fsp3) is 0.250. The lowest BCUT2D eigenvalue weighted by Gasteiger charge is -2.13. The van der Waals surface area contributed by atoms with Crippen LogP contribution in [0.4, 0.5) is 0 Å². The highest BCUT2D eigenvalue weighted by Gasteiger charge is 2.16. The number of ether oxygens (including phenoxy) is 4. The normalized spacial score (nSPS) is 11.9. The average Bonchev–Trinajstić information content (AvgIpc) is 2.65. The molecule has 0 aliphatic carbocycles. The lowest BCUT2D eigenvalue weighted by Crippen LogP contribution is -2.10. The number of fused-ring (bicyclic) bond motifs is 1. The highest BCUT2D eigenvalue weighted by atomic mass is 16.6. The summed E-state index contributed by atoms with van der Waals surface area (Å²) in [6.07, 6.45) is -1.02. The number of rotatable bonds is 6. The van der Waals surface area contributed by atoms with Crippen LogP contribution in [0.25, 0.3) is 22.3 Å². The topological polar surface area (TPSA) is 87.4 Å². The Morgan fingerprint density at radius 1 is 0.926 bits per heavy atom. The first kappa shape index (κ1) is 18.6. The molecule has 3 aromatic rings. The van der Waals surface area contributed by atoms with Crippen LogP contribution in [0.5, 0.6) is 23.0 Å². The van der Waals surface area contributed by atoms with Gasteiger partial charge >= 0.3 is 0 Å². The molecular weight excluding hydrogens is 352 g/mol. The van der Waals surface area contributed by atoms with E-state index in [1.165, 1.54) is 39.3 Å². The van der Waals surface area contributed by atoms with Gasteiger partial charge in [0, 0.05) is 23.8 Å². The van der Waals surface area contributed by atoms with E-state index in [4.69, 9.17) is 23.4 Å². The Bertz CT molecular complexity index is 1020. The molecule has 27 heavy (non-hydrogen) atoms. The molecule has 1 aromatic heterocycles. The van der Waals surface area contributed by atoms with E-state index >= 15 is 0 Å². The highest BCUT2D eigenvalue weighted by molar-refractivity contribution is 5.86. The van der Waals surface area contributed by atoms with Gasteiger partial charge in [0.2, 0.25) is 0 Å². The molecule has 0 fully saturated rings. The number of hydrogen-bond acceptors (Lipinski definition) is 7. The maximum absolute atomic E-state index is 12.7. The van der Waals surface area contributed by atoms with Crippen molar-refractivity contribution in [2.75, 3.05) is 21.3 Å². The standard InChI is InChI=1S/C20H20O7/c1-11(21)26-13-8-18(25-4)20-14(22)10-16(27-19(20)9-13)12-5-6-15(23-2)17(7-12)24-3/h5-11,21H,1-4H3. The molecule has 142 valence electrons. The van der Waals surface area contributed by atoms with Crippen LogP contribution >= 0.6 is 0 Å². The zero-order valence-electron chi connectivity index (χ0n) is 15.4. The van der Waals surface area contributed by atoms with Gasteiger partial charge < -0.3 is 28.5 Å². The minimum atomic E-state index is -1.02. The smallest absolute Gasteiger partial charge is 0.197 e. The number of aliphatic hydroxyl groups excluding tert-OH is 1. The van der Waals surface area contributed by atoms with Crippen molar-refractivity contribution in [1.29, 1.82) is 0 Å². The molecule has 1 heterocycles. The van der Waals surface area contributed by atoms with Gasteiger partial charge in [0.1, 0.15) is 28.2 Å². The summed E-state index contributed by atoms with van der Waals surface area (Å²) in [5.41, 5.74) is 0.663. The Morgan fingerprint density at radius 2 is 1.63 bits per heavy atom. The number of hydrogen-bond donors (Lipinski definition) is 1. The van der Waals surface area contributed by atoms with Crippen LogP contribution in [0.15, 0.2) is 45.6 Å². The highest BCUT2D eigenvalue weighted by Crippen LogP contribution is 2.35. The van der Waals surface area contributed by atoms with Gasteiger partial charge in [-0.2, -0.15) is 0 Å². The monoisotopic (exact) mass is 372 g/mol. The molecule has 3 rings (SSSR count). The zero-order valence-corrected chi connectivity index (χ0v) is 15.4. The number of benzene rings is 2. The van der Waals surface area contributed by atoms with Gasteiger partial charge in [0.15, 0.2) is 23.2 Å². The second-order valence-corrected chi connectivity index (χ2v) is 5.76. The zero-order chi connectivity index (χ0) is 19.6. The predicted octanol–water partition coefficient (Wildman–Crippen LogP) is 3.20. The van der Waals surface area contributed by atoms with Crippen molar-refractivity contribution >= 4 is 11.0 Å². The van der Waals surface area contributed by atoms with E-state index in [9.17, 15) is 9.90 Å². The molecule has 2 aromatic carbocycles. The molecule has 7 nitrogen and oxygen atoms in total. The van der Waals surface area contributed by atoms with E-state index in [0.717, 1.165) is 0 Å². The van der Waals surface area contributed by atoms with Crippen LogP contribution < -0.4 is 24.4 Å². The molecule has 0 saturated carbocycles. The molecule has 0 radical (unpaired) electrons. The van der Waals surface area contributed by atoms with E-state index < -0.39 is 6.29 Å². The second-order valence-electron chi connectivity index (χ2n) is 5.76. The molecule has 1 unspecified atom stereocenters. The van der Waals surface area contributed by atoms with Gasteiger partial charge in [-0.1, -0.05) is 0 Å². The van der Waals surface area contributed by atoms with Crippen molar-refractivity contribution in [3.05, 3.63) is 46.6 Å². The van der Waals surface area contributed by atoms with Gasteiger partial charge in [0.25, 0.3) is 0 Å². The molecule has 1 atom stereocenters. The van der Waals surface area contributed by atoms with Crippen molar-refractivity contribution in [3.8, 4) is 34.3 Å². The molecule has 7 heteroatoms. The summed E-state index contributed by atoms with van der Waals surface area (Å²) in [5.74, 6) is 2.06. The second kappa shape index (κ2) is 7.59. The summed E-state index contributed by atoms with van der Waals surface area (Å²) >= 11 is 0. The van der Waals surface area contributed by atoms with Crippen LogP contribution in [0.2, 0.25) is 0 Å². The molecule has 0 amide bonds. The lowest BCUT2D eigenvalue weighted by atomic mass is 10.1. The Hall–Kier alpha value is -3.19. The fourth-order valence-electron chi connectivity index (χ4n) is 2.79. The first-order valence-corrected chi connectivity index (χ1v) is 8.19. The molecule has 0 bridgehead atoms. The minimum Gasteiger partial charge on any atom is -0.496 e. The predicted molar refractivity (Wildman–Crippen MR) is 99.9 cm³/mol. The van der Waals surface area contributed by atoms with Gasteiger partial charge in [-0.05, 0) is 25.1 Å². The summed E-state index contributed by atoms with van der Waals surface area (Å²) in [5, 5.41) is 9.75. The molecule has 0 saturated heterocycles. The summed E-state index contributed by atoms with van der Waals surface area (Å²) < 4.78 is 27.0. The van der Waals surface area contributed by atoms with Gasteiger partial charge in [-0.15, -0.1) is 0 Å². The van der Waals surface area contributed by atoms with E-state index in [2.05, 4.69) is 0 Å². The molecule has 0 aliphatic rings. The van der Waals surface area contributed by atoms with Crippen molar-refractivity contribution in [1.82, 2.24) is 0 Å². The van der Waals surface area contributed by atoms with Crippen LogP contribution in [0, 0.1) is 0 Å². The third kappa shape index (κ3) is 3.68. The third-order valence-corrected chi connectivity index (χ3v) is 3.96. The number of methoxy groups -OCH3 is 3. The van der Waals surface area contributed by atoms with Crippen LogP contribution in [-0.2, 0) is 0 Å². The SMILES string of the molecule is COc1ccc(-c2cc(=O)c3c(OC)cc(OC(C)O)cc3o2)cc1OC. The van der Waals surface area contributed by atoms with Crippen molar-refractivity contribution in [2.45, 2.75) is 13.2 Å². The van der Waals surface area contributed by atoms with Crippen molar-refractivity contribution in [2.24, 2.45) is 0 Å². The Morgan fingerprint density at radius 3 is 2.26 bits per heavy atom. The van der Waals surface area contributed by atoms with E-state index in [0.29, 0.717) is 39.7 Å². The Balaban J connectivity index is 2.19. The lowest BCUT2D eigenvalue weighted by molar-refractivity contribution is -0.000338. The quantitative estimate of drug-likeness (QED) is 0.665. The van der Waals surface area contributed by atoms with Gasteiger partial charge in [-0.3, -0.25) is 4.79 Å². The number of aliphatic hydroxyl groups is 1. The maximum Gasteiger partial charge on any atom is 0.197 e. The first-order valence-electron chi connectivity index (χ1n) is 8.19. The third-order valence-electron chi connectivity index (χ3n) is 3.96. The summed E-state index contributed by atoms with van der Waals surface area (Å²) in [4.78, 5) is 12.7. The first-order chi connectivity index (χ1) is 13.0. The van der Waals surface area contributed by atoms with Gasteiger partial charge in [0.05, 0.1) is 21.3 Å². The molecular formula is C20H20O7. The Labute approximate surface area is 155 Å². The van der Waals surface area contributed by atoms with E-state index in [1.54, 1.807) is 25.3 Å². The van der Waals surface area contributed by atoms with E-state index in [1.807, 2.05) is 0 Å². The van der Waals surface area contributed by atoms with E-state index in [-0.39, 0.29) is 11.0 Å². The van der Waals surface area contributed by atoms with Crippen LogP contribution in [0.3, 0.4) is 0 Å².